The number of carbonyl (C=O) groups is 2. The Morgan fingerprint density at radius 3 is 2.67 bits per heavy atom. The van der Waals surface area contributed by atoms with E-state index in [0.717, 1.165) is 0 Å². The molecule has 2 aliphatic rings. The molecule has 0 bridgehead atoms. The van der Waals surface area contributed by atoms with Crippen LogP contribution in [-0.2, 0) is 25.5 Å². The van der Waals surface area contributed by atoms with Crippen molar-refractivity contribution in [2.24, 2.45) is 0 Å². The summed E-state index contributed by atoms with van der Waals surface area (Å²) in [4.78, 5) is 43.6. The minimum Gasteiger partial charge on any atom is -0.479 e. The van der Waals surface area contributed by atoms with Crippen LogP contribution >= 0.6 is 11.6 Å². The molecule has 4 N–H and O–H groups in total. The maximum Gasteiger partial charge on any atom is 0.348 e. The van der Waals surface area contributed by atoms with Crippen molar-refractivity contribution in [3.63, 3.8) is 0 Å². The first-order valence-electron chi connectivity index (χ1n) is 9.96. The Morgan fingerprint density at radius 1 is 1.30 bits per heavy atom. The van der Waals surface area contributed by atoms with E-state index < -0.39 is 54.6 Å². The van der Waals surface area contributed by atoms with E-state index in [2.05, 4.69) is 15.3 Å². The summed E-state index contributed by atoms with van der Waals surface area (Å²) in [6, 6.07) is 8.18. The van der Waals surface area contributed by atoms with Gasteiger partial charge in [-0.05, 0) is 17.2 Å². The third-order valence-electron chi connectivity index (χ3n) is 5.51. The number of halogens is 2. The monoisotopic (exact) mass is 482 g/mol. The predicted molar refractivity (Wildman–Crippen MR) is 113 cm³/mol. The van der Waals surface area contributed by atoms with Crippen LogP contribution in [0.25, 0.3) is 0 Å². The van der Waals surface area contributed by atoms with Crippen LogP contribution in [0.5, 0.6) is 0 Å². The smallest absolute Gasteiger partial charge is 0.348 e. The van der Waals surface area contributed by atoms with Crippen LogP contribution in [0.15, 0.2) is 35.1 Å². The number of alkyl halides is 1. The summed E-state index contributed by atoms with van der Waals surface area (Å²) in [5.41, 5.74) is -2.52. The molecule has 33 heavy (non-hydrogen) atoms. The number of nitrogens with one attached hydrogen (secondary N) is 2. The molecule has 1 saturated heterocycles. The number of carboxylic acid groups (broad SMARTS) is 2. The number of anilines is 2. The highest BCUT2D eigenvalue weighted by Crippen LogP contribution is 2.35. The van der Waals surface area contributed by atoms with Crippen LogP contribution in [0, 0.1) is 0 Å². The van der Waals surface area contributed by atoms with Gasteiger partial charge >= 0.3 is 11.9 Å². The summed E-state index contributed by atoms with van der Waals surface area (Å²) in [5, 5.41) is 22.0. The molecule has 0 radical (unpaired) electrons. The number of H-pyrrole nitrogens is 1. The van der Waals surface area contributed by atoms with Crippen molar-refractivity contribution in [1.82, 2.24) is 9.97 Å². The van der Waals surface area contributed by atoms with Gasteiger partial charge in [-0.2, -0.15) is 4.98 Å². The first-order chi connectivity index (χ1) is 15.7. The molecule has 13 heteroatoms. The average Bonchev–Trinajstić information content (AvgIpc) is 3.34. The number of aromatic nitrogens is 2. The Hall–Kier alpha value is -3.22. The van der Waals surface area contributed by atoms with E-state index in [1.165, 1.54) is 4.90 Å². The molecule has 1 aromatic heterocycles. The van der Waals surface area contributed by atoms with Gasteiger partial charge in [-0.3, -0.25) is 9.78 Å². The fraction of sp³-hybridized carbons (Fsp3) is 0.400. The minimum atomic E-state index is -2.57. The first kappa shape index (κ1) is 23.0. The largest absolute Gasteiger partial charge is 0.479 e. The van der Waals surface area contributed by atoms with Crippen LogP contribution in [0.1, 0.15) is 12.0 Å². The van der Waals surface area contributed by atoms with Crippen molar-refractivity contribution in [2.45, 2.75) is 36.9 Å². The first-order valence-corrected chi connectivity index (χ1v) is 10.3. The van der Waals surface area contributed by atoms with E-state index >= 15 is 0 Å². The third-order valence-corrected chi connectivity index (χ3v) is 5.69. The number of benzene rings is 1. The Balaban J connectivity index is 1.48. The van der Waals surface area contributed by atoms with E-state index in [1.807, 2.05) is 0 Å². The van der Waals surface area contributed by atoms with Gasteiger partial charge in [0, 0.05) is 12.8 Å². The van der Waals surface area contributed by atoms with E-state index in [9.17, 15) is 29.0 Å². The predicted octanol–water partition coefficient (Wildman–Crippen LogP) is 1.23. The van der Waals surface area contributed by atoms with E-state index in [1.54, 1.807) is 30.3 Å². The lowest BCUT2D eigenvalue weighted by molar-refractivity contribution is -0.187. The van der Waals surface area contributed by atoms with Gasteiger partial charge in [-0.25, -0.2) is 14.0 Å². The summed E-state index contributed by atoms with van der Waals surface area (Å²) in [6.45, 7) is -0.438. The van der Waals surface area contributed by atoms with Crippen molar-refractivity contribution in [3.8, 4) is 0 Å². The van der Waals surface area contributed by atoms with Crippen molar-refractivity contribution in [1.29, 1.82) is 0 Å². The minimum absolute atomic E-state index is 0.0343. The number of aromatic amines is 1. The van der Waals surface area contributed by atoms with Gasteiger partial charge < -0.3 is 29.9 Å². The summed E-state index contributed by atoms with van der Waals surface area (Å²) in [5.74, 6) is -3.24. The Labute approximate surface area is 191 Å². The molecule has 11 nitrogen and oxygen atoms in total. The zero-order valence-electron chi connectivity index (χ0n) is 17.0. The molecule has 1 fully saturated rings. The highest BCUT2D eigenvalue weighted by molar-refractivity contribution is 6.28. The molecule has 3 atom stereocenters. The molecule has 3 heterocycles. The Kier molecular flexibility index (Phi) is 6.23. The molecule has 0 saturated carbocycles. The number of nitrogens with zero attached hydrogens (tertiary/aromatic N) is 2. The molecule has 3 unspecified atom stereocenters. The number of carboxylic acids is 2. The summed E-state index contributed by atoms with van der Waals surface area (Å²) in [7, 11) is 0. The second kappa shape index (κ2) is 8.96. The lowest BCUT2D eigenvalue weighted by atomic mass is 9.94. The number of ether oxygens (including phenoxy) is 2. The molecular formula is C20H20ClFN4O7. The fourth-order valence-corrected chi connectivity index (χ4v) is 4.03. The lowest BCUT2D eigenvalue weighted by Gasteiger charge is -2.28. The van der Waals surface area contributed by atoms with Crippen molar-refractivity contribution in [2.75, 3.05) is 23.5 Å². The number of hydrogen-bond acceptors (Lipinski definition) is 8. The molecule has 0 aliphatic carbocycles. The Bertz CT molecular complexity index is 1100. The maximum atomic E-state index is 14.8. The third kappa shape index (κ3) is 4.36. The van der Waals surface area contributed by atoms with Crippen molar-refractivity contribution in [3.05, 3.63) is 51.5 Å². The highest BCUT2D eigenvalue weighted by Gasteiger charge is 2.50. The van der Waals surface area contributed by atoms with E-state index in [-0.39, 0.29) is 29.9 Å². The summed E-state index contributed by atoms with van der Waals surface area (Å²) >= 11 is 5.80. The molecule has 1 aromatic carbocycles. The number of rotatable bonds is 8. The number of hydrogen-bond donors (Lipinski definition) is 4. The molecule has 0 spiro atoms. The maximum absolute atomic E-state index is 14.8. The topological polar surface area (TPSA) is 154 Å². The molecule has 176 valence electrons. The van der Waals surface area contributed by atoms with Gasteiger partial charge in [0.2, 0.25) is 5.28 Å². The summed E-state index contributed by atoms with van der Waals surface area (Å²) < 4.78 is 25.9. The van der Waals surface area contributed by atoms with Gasteiger partial charge in [-0.1, -0.05) is 30.3 Å². The molecule has 2 aromatic rings. The van der Waals surface area contributed by atoms with Crippen LogP contribution in [-0.4, -0.2) is 69.5 Å². The highest BCUT2D eigenvalue weighted by atomic mass is 35.5. The molecule has 0 amide bonds. The SMILES string of the molecule is O=C(O)C(Cc1ccccc1)(OCC1CC(F)C(N2CNc3c2nc(Cl)[nH]c3=O)O1)C(=O)O. The lowest BCUT2D eigenvalue weighted by Crippen LogP contribution is -2.52. The van der Waals surface area contributed by atoms with Crippen molar-refractivity contribution >= 4 is 35.0 Å². The fourth-order valence-electron chi connectivity index (χ4n) is 3.87. The second-order valence-electron chi connectivity index (χ2n) is 7.67. The van der Waals surface area contributed by atoms with Crippen LogP contribution in [0.2, 0.25) is 5.28 Å². The van der Waals surface area contributed by atoms with Crippen LogP contribution in [0.3, 0.4) is 0 Å². The summed E-state index contributed by atoms with van der Waals surface area (Å²) in [6.07, 6.45) is -4.23. The van der Waals surface area contributed by atoms with Gasteiger partial charge in [0.25, 0.3) is 11.2 Å². The van der Waals surface area contributed by atoms with E-state index in [0.29, 0.717) is 5.56 Å². The number of aliphatic carboxylic acids is 2. The normalized spacial score (nSPS) is 22.1. The quantitative estimate of drug-likeness (QED) is 0.319. The average molecular weight is 483 g/mol. The standard InChI is InChI=1S/C20H20ClFN4O7/c21-19-24-14-13(15(27)25-19)23-9-26(14)16-12(22)6-11(33-16)8-32-20(17(28)29,18(30)31)7-10-4-2-1-3-5-10/h1-5,11-12,16,23H,6-9H2,(H,28,29)(H,30,31)(H,24,25,27). The molecule has 2 aliphatic heterocycles. The molecular weight excluding hydrogens is 463 g/mol. The number of fused-ring (bicyclic) bond motifs is 1. The van der Waals surface area contributed by atoms with Gasteiger partial charge in [0.15, 0.2) is 12.0 Å². The zero-order valence-corrected chi connectivity index (χ0v) is 17.8. The van der Waals surface area contributed by atoms with Gasteiger partial charge in [0.1, 0.15) is 11.9 Å². The van der Waals surface area contributed by atoms with Gasteiger partial charge in [-0.15, -0.1) is 0 Å². The van der Waals surface area contributed by atoms with Crippen molar-refractivity contribution < 1.29 is 33.7 Å². The van der Waals surface area contributed by atoms with E-state index in [4.69, 9.17) is 21.1 Å². The molecule has 4 rings (SSSR count). The van der Waals surface area contributed by atoms with Gasteiger partial charge in [0.05, 0.1) is 19.4 Å². The Morgan fingerprint density at radius 2 is 2.00 bits per heavy atom. The van der Waals surface area contributed by atoms with Crippen LogP contribution in [0.4, 0.5) is 15.9 Å². The van der Waals surface area contributed by atoms with Crippen LogP contribution < -0.4 is 15.8 Å². The second-order valence-corrected chi connectivity index (χ2v) is 8.03. The zero-order chi connectivity index (χ0) is 23.8.